The van der Waals surface area contributed by atoms with E-state index in [1.54, 1.807) is 20.3 Å². The van der Waals surface area contributed by atoms with Gasteiger partial charge in [0.25, 0.3) is 0 Å². The van der Waals surface area contributed by atoms with Crippen LogP contribution in [-0.2, 0) is 0 Å². The first kappa shape index (κ1) is 16.1. The predicted octanol–water partition coefficient (Wildman–Crippen LogP) is 4.67. The third-order valence-corrected chi connectivity index (χ3v) is 3.87. The second-order valence-corrected chi connectivity index (χ2v) is 5.62. The molecule has 0 saturated carbocycles. The SMILES string of the molecule is COc1ccc(NC(=S)Nc2ccc3ccccc3c2)c(OC)c1. The number of methoxy groups -OCH3 is 2. The van der Waals surface area contributed by atoms with Crippen LogP contribution in [0.4, 0.5) is 11.4 Å². The van der Waals surface area contributed by atoms with Gasteiger partial charge in [0.05, 0.1) is 19.9 Å². The molecule has 0 spiro atoms. The molecule has 3 aromatic rings. The van der Waals surface area contributed by atoms with E-state index in [0.717, 1.165) is 22.5 Å². The molecule has 2 N–H and O–H groups in total. The summed E-state index contributed by atoms with van der Waals surface area (Å²) < 4.78 is 10.6. The first-order valence-electron chi connectivity index (χ1n) is 7.48. The summed E-state index contributed by atoms with van der Waals surface area (Å²) in [7, 11) is 3.23. The van der Waals surface area contributed by atoms with Gasteiger partial charge in [0.1, 0.15) is 11.5 Å². The second kappa shape index (κ2) is 7.19. The first-order valence-corrected chi connectivity index (χ1v) is 7.89. The topological polar surface area (TPSA) is 42.5 Å². The van der Waals surface area contributed by atoms with E-state index in [4.69, 9.17) is 21.7 Å². The molecule has 122 valence electrons. The van der Waals surface area contributed by atoms with E-state index in [1.807, 2.05) is 30.3 Å². The van der Waals surface area contributed by atoms with Gasteiger partial charge in [0, 0.05) is 11.8 Å². The number of anilines is 2. The lowest BCUT2D eigenvalue weighted by molar-refractivity contribution is 0.395. The fourth-order valence-corrected chi connectivity index (χ4v) is 2.68. The third kappa shape index (κ3) is 3.58. The molecule has 0 atom stereocenters. The molecule has 0 amide bonds. The van der Waals surface area contributed by atoms with Crippen molar-refractivity contribution < 1.29 is 9.47 Å². The average Bonchev–Trinajstić information content (AvgIpc) is 2.62. The van der Waals surface area contributed by atoms with Gasteiger partial charge in [-0.05, 0) is 47.3 Å². The Hall–Kier alpha value is -2.79. The lowest BCUT2D eigenvalue weighted by Gasteiger charge is -2.14. The molecule has 24 heavy (non-hydrogen) atoms. The van der Waals surface area contributed by atoms with Gasteiger partial charge in [-0.15, -0.1) is 0 Å². The largest absolute Gasteiger partial charge is 0.497 e. The summed E-state index contributed by atoms with van der Waals surface area (Å²) in [4.78, 5) is 0. The minimum Gasteiger partial charge on any atom is -0.497 e. The Morgan fingerprint density at radius 3 is 2.38 bits per heavy atom. The van der Waals surface area contributed by atoms with Crippen LogP contribution >= 0.6 is 12.2 Å². The molecule has 0 heterocycles. The molecule has 0 unspecified atom stereocenters. The number of rotatable bonds is 4. The van der Waals surface area contributed by atoms with E-state index in [-0.39, 0.29) is 0 Å². The van der Waals surface area contributed by atoms with Gasteiger partial charge in [-0.25, -0.2) is 0 Å². The van der Waals surface area contributed by atoms with Crippen LogP contribution in [-0.4, -0.2) is 19.3 Å². The van der Waals surface area contributed by atoms with Crippen molar-refractivity contribution in [2.24, 2.45) is 0 Å². The summed E-state index contributed by atoms with van der Waals surface area (Å²) in [5.74, 6) is 1.39. The highest BCUT2D eigenvalue weighted by Gasteiger charge is 2.07. The van der Waals surface area contributed by atoms with Crippen LogP contribution < -0.4 is 20.1 Å². The molecule has 0 aromatic heterocycles. The molecule has 3 rings (SSSR count). The maximum atomic E-state index is 5.40. The van der Waals surface area contributed by atoms with Gasteiger partial charge in [0.2, 0.25) is 0 Å². The highest BCUT2D eigenvalue weighted by atomic mass is 32.1. The lowest BCUT2D eigenvalue weighted by Crippen LogP contribution is -2.19. The minimum absolute atomic E-state index is 0.494. The van der Waals surface area contributed by atoms with E-state index in [2.05, 4.69) is 34.9 Å². The Labute approximate surface area is 146 Å². The van der Waals surface area contributed by atoms with E-state index in [0.29, 0.717) is 10.9 Å². The number of hydrogen-bond acceptors (Lipinski definition) is 3. The van der Waals surface area contributed by atoms with Gasteiger partial charge in [-0.1, -0.05) is 30.3 Å². The summed E-state index contributed by atoms with van der Waals surface area (Å²) in [6.45, 7) is 0. The van der Waals surface area contributed by atoms with Crippen LogP contribution in [0.5, 0.6) is 11.5 Å². The predicted molar refractivity (Wildman–Crippen MR) is 103 cm³/mol. The molecule has 3 aromatic carbocycles. The fraction of sp³-hybridized carbons (Fsp3) is 0.105. The molecule has 0 aliphatic carbocycles. The smallest absolute Gasteiger partial charge is 0.175 e. The molecule has 5 heteroatoms. The number of ether oxygens (including phenoxy) is 2. The molecular formula is C19H18N2O2S. The van der Waals surface area contributed by atoms with Crippen LogP contribution in [0, 0.1) is 0 Å². The molecule has 0 fully saturated rings. The van der Waals surface area contributed by atoms with Crippen molar-refractivity contribution in [3.63, 3.8) is 0 Å². The molecule has 0 aliphatic rings. The summed E-state index contributed by atoms with van der Waals surface area (Å²) in [6.07, 6.45) is 0. The third-order valence-electron chi connectivity index (χ3n) is 3.66. The number of benzene rings is 3. The summed E-state index contributed by atoms with van der Waals surface area (Å²) in [5.41, 5.74) is 1.70. The lowest BCUT2D eigenvalue weighted by atomic mass is 10.1. The molecule has 0 aliphatic heterocycles. The zero-order valence-electron chi connectivity index (χ0n) is 13.5. The van der Waals surface area contributed by atoms with Crippen molar-refractivity contribution in [2.75, 3.05) is 24.9 Å². The van der Waals surface area contributed by atoms with Gasteiger partial charge in [-0.2, -0.15) is 0 Å². The van der Waals surface area contributed by atoms with E-state index >= 15 is 0 Å². The Bertz CT molecular complexity index is 880. The van der Waals surface area contributed by atoms with Gasteiger partial charge < -0.3 is 20.1 Å². The van der Waals surface area contributed by atoms with Crippen molar-refractivity contribution in [3.8, 4) is 11.5 Å². The molecule has 0 bridgehead atoms. The number of thiocarbonyl (C=S) groups is 1. The van der Waals surface area contributed by atoms with Gasteiger partial charge in [-0.3, -0.25) is 0 Å². The van der Waals surface area contributed by atoms with E-state index < -0.39 is 0 Å². The van der Waals surface area contributed by atoms with Gasteiger partial charge in [0.15, 0.2) is 5.11 Å². The normalized spacial score (nSPS) is 10.2. The van der Waals surface area contributed by atoms with Crippen LogP contribution in [0.15, 0.2) is 60.7 Å². The van der Waals surface area contributed by atoms with Crippen molar-refractivity contribution in [2.45, 2.75) is 0 Å². The van der Waals surface area contributed by atoms with E-state index in [9.17, 15) is 0 Å². The fourth-order valence-electron chi connectivity index (χ4n) is 2.45. The highest BCUT2D eigenvalue weighted by Crippen LogP contribution is 2.29. The first-order chi connectivity index (χ1) is 11.7. The van der Waals surface area contributed by atoms with Gasteiger partial charge >= 0.3 is 0 Å². The highest BCUT2D eigenvalue weighted by molar-refractivity contribution is 7.80. The maximum absolute atomic E-state index is 5.40. The van der Waals surface area contributed by atoms with E-state index in [1.165, 1.54) is 5.39 Å². The van der Waals surface area contributed by atoms with Crippen LogP contribution in [0.3, 0.4) is 0 Å². The summed E-state index contributed by atoms with van der Waals surface area (Å²) in [5, 5.41) is 9.19. The zero-order valence-corrected chi connectivity index (χ0v) is 14.3. The molecule has 0 radical (unpaired) electrons. The monoisotopic (exact) mass is 338 g/mol. The summed E-state index contributed by atoms with van der Waals surface area (Å²) >= 11 is 5.40. The standard InChI is InChI=1S/C19H18N2O2S/c1-22-16-9-10-17(18(12-16)23-2)21-19(24)20-15-8-7-13-5-3-4-6-14(13)11-15/h3-12H,1-2H3,(H2,20,21,24). The quantitative estimate of drug-likeness (QED) is 0.677. The minimum atomic E-state index is 0.494. The molecular weight excluding hydrogens is 320 g/mol. The van der Waals surface area contributed by atoms with Crippen molar-refractivity contribution in [1.29, 1.82) is 0 Å². The number of fused-ring (bicyclic) bond motifs is 1. The average molecular weight is 338 g/mol. The summed E-state index contributed by atoms with van der Waals surface area (Å²) in [6, 6.07) is 19.9. The maximum Gasteiger partial charge on any atom is 0.175 e. The van der Waals surface area contributed by atoms with Crippen molar-refractivity contribution in [3.05, 3.63) is 60.7 Å². The van der Waals surface area contributed by atoms with Crippen LogP contribution in [0.2, 0.25) is 0 Å². The number of nitrogens with one attached hydrogen (secondary N) is 2. The van der Waals surface area contributed by atoms with Crippen LogP contribution in [0.25, 0.3) is 10.8 Å². The zero-order chi connectivity index (χ0) is 16.9. The Balaban J connectivity index is 1.75. The Kier molecular flexibility index (Phi) is 4.82. The molecule has 4 nitrogen and oxygen atoms in total. The Morgan fingerprint density at radius 2 is 1.62 bits per heavy atom. The van der Waals surface area contributed by atoms with Crippen LogP contribution in [0.1, 0.15) is 0 Å². The Morgan fingerprint density at radius 1 is 0.833 bits per heavy atom. The van der Waals surface area contributed by atoms with Crippen molar-refractivity contribution >= 4 is 39.5 Å². The number of hydrogen-bond donors (Lipinski definition) is 2. The second-order valence-electron chi connectivity index (χ2n) is 5.21. The van der Waals surface area contributed by atoms with Crippen molar-refractivity contribution in [1.82, 2.24) is 0 Å². The molecule has 0 saturated heterocycles.